The first-order chi connectivity index (χ1) is 12.3. The van der Waals surface area contributed by atoms with E-state index in [2.05, 4.69) is 25.1 Å². The van der Waals surface area contributed by atoms with Crippen molar-refractivity contribution in [2.45, 2.75) is 54.4 Å². The zero-order valence-corrected chi connectivity index (χ0v) is 15.6. The molecule has 2 aliphatic heterocycles. The van der Waals surface area contributed by atoms with Crippen LogP contribution in [-0.2, 0) is 11.3 Å². The first kappa shape index (κ1) is 17.3. The average Bonchev–Trinajstić information content (AvgIpc) is 3.29. The van der Waals surface area contributed by atoms with Crippen LogP contribution in [0.2, 0.25) is 5.02 Å². The molecule has 2 aromatic rings. The fourth-order valence-corrected chi connectivity index (χ4v) is 4.34. The van der Waals surface area contributed by atoms with Crippen LogP contribution >= 0.6 is 23.4 Å². The second-order valence-corrected chi connectivity index (χ2v) is 7.95. The number of hydrogen-bond acceptors (Lipinski definition) is 6. The molecule has 0 radical (unpaired) electrons. The van der Waals surface area contributed by atoms with Gasteiger partial charge < -0.3 is 14.6 Å². The third kappa shape index (κ3) is 4.16. The second-order valence-electron chi connectivity index (χ2n) is 6.53. The third-order valence-corrected chi connectivity index (χ3v) is 5.91. The van der Waals surface area contributed by atoms with E-state index in [1.807, 2.05) is 12.1 Å². The number of nitrogens with zero attached hydrogens (tertiary/aromatic N) is 4. The lowest BCUT2D eigenvalue weighted by Gasteiger charge is -2.23. The van der Waals surface area contributed by atoms with Crippen molar-refractivity contribution in [3.8, 4) is 0 Å². The predicted octanol–water partition coefficient (Wildman–Crippen LogP) is 3.12. The van der Waals surface area contributed by atoms with Crippen LogP contribution in [0.5, 0.6) is 0 Å². The van der Waals surface area contributed by atoms with Crippen molar-refractivity contribution in [3.05, 3.63) is 29.2 Å². The van der Waals surface area contributed by atoms with Gasteiger partial charge in [-0.05, 0) is 62.7 Å². The van der Waals surface area contributed by atoms with E-state index < -0.39 is 0 Å². The van der Waals surface area contributed by atoms with Crippen LogP contribution in [0, 0.1) is 0 Å². The van der Waals surface area contributed by atoms with Crippen LogP contribution in [0.15, 0.2) is 28.5 Å². The van der Waals surface area contributed by atoms with Crippen LogP contribution in [0.25, 0.3) is 0 Å². The maximum absolute atomic E-state index is 5.94. The highest BCUT2D eigenvalue weighted by Crippen LogP contribution is 2.31. The highest BCUT2D eigenvalue weighted by Gasteiger charge is 2.26. The Hall–Kier alpha value is -1.15. The van der Waals surface area contributed by atoms with E-state index in [1.165, 1.54) is 11.8 Å². The van der Waals surface area contributed by atoms with Crippen molar-refractivity contribution in [2.24, 2.45) is 0 Å². The number of pyridine rings is 1. The standard InChI is InChI=1S/C17H22ClN5OS/c18-13-3-4-15(20-10-13)25-17-22-21-16(12-5-7-19-8-6-12)23(17)11-14-2-1-9-24-14/h3-4,10,12,14,19H,1-2,5-9,11H2/t14-/m1/s1. The molecule has 134 valence electrons. The summed E-state index contributed by atoms with van der Waals surface area (Å²) < 4.78 is 8.12. The fourth-order valence-electron chi connectivity index (χ4n) is 3.44. The first-order valence-corrected chi connectivity index (χ1v) is 10.0. The lowest BCUT2D eigenvalue weighted by atomic mass is 9.97. The van der Waals surface area contributed by atoms with E-state index in [0.29, 0.717) is 10.9 Å². The first-order valence-electron chi connectivity index (χ1n) is 8.84. The molecular formula is C17H22ClN5OS. The van der Waals surface area contributed by atoms with E-state index in [0.717, 1.165) is 67.9 Å². The van der Waals surface area contributed by atoms with Gasteiger partial charge in [-0.15, -0.1) is 10.2 Å². The quantitative estimate of drug-likeness (QED) is 0.861. The number of aromatic nitrogens is 4. The molecule has 1 N–H and O–H groups in total. The molecule has 0 aromatic carbocycles. The van der Waals surface area contributed by atoms with Crippen molar-refractivity contribution in [2.75, 3.05) is 19.7 Å². The van der Waals surface area contributed by atoms with Crippen molar-refractivity contribution in [1.82, 2.24) is 25.1 Å². The largest absolute Gasteiger partial charge is 0.376 e. The molecule has 2 fully saturated rings. The zero-order chi connectivity index (χ0) is 17.1. The van der Waals surface area contributed by atoms with Gasteiger partial charge in [0.1, 0.15) is 10.9 Å². The SMILES string of the molecule is Clc1ccc(Sc2nnc(C3CCNCC3)n2C[C@H]2CCCO2)nc1. The monoisotopic (exact) mass is 379 g/mol. The summed E-state index contributed by atoms with van der Waals surface area (Å²) in [5.74, 6) is 1.55. The molecule has 2 aromatic heterocycles. The summed E-state index contributed by atoms with van der Waals surface area (Å²) in [5.41, 5.74) is 0. The highest BCUT2D eigenvalue weighted by atomic mass is 35.5. The predicted molar refractivity (Wildman–Crippen MR) is 97.2 cm³/mol. The summed E-state index contributed by atoms with van der Waals surface area (Å²) in [5, 5.41) is 14.9. The Morgan fingerprint density at radius 2 is 2.12 bits per heavy atom. The minimum absolute atomic E-state index is 0.258. The third-order valence-electron chi connectivity index (χ3n) is 4.76. The average molecular weight is 380 g/mol. The summed E-state index contributed by atoms with van der Waals surface area (Å²) in [6.07, 6.45) is 6.37. The number of piperidine rings is 1. The Balaban J connectivity index is 1.60. The topological polar surface area (TPSA) is 64.9 Å². The van der Waals surface area contributed by atoms with Crippen molar-refractivity contribution in [3.63, 3.8) is 0 Å². The molecule has 4 rings (SSSR count). The van der Waals surface area contributed by atoms with E-state index in [9.17, 15) is 0 Å². The van der Waals surface area contributed by atoms with Crippen LogP contribution in [0.3, 0.4) is 0 Å². The Labute approximate surface area is 156 Å². The summed E-state index contributed by atoms with van der Waals surface area (Å²) >= 11 is 7.48. The van der Waals surface area contributed by atoms with E-state index in [1.54, 1.807) is 6.20 Å². The van der Waals surface area contributed by atoms with Crippen molar-refractivity contribution >= 4 is 23.4 Å². The number of rotatable bonds is 5. The molecule has 1 atom stereocenters. The van der Waals surface area contributed by atoms with Gasteiger partial charge in [-0.1, -0.05) is 11.6 Å². The minimum atomic E-state index is 0.258. The van der Waals surface area contributed by atoms with E-state index in [4.69, 9.17) is 16.3 Å². The van der Waals surface area contributed by atoms with Crippen molar-refractivity contribution in [1.29, 1.82) is 0 Å². The van der Waals surface area contributed by atoms with Gasteiger partial charge >= 0.3 is 0 Å². The van der Waals surface area contributed by atoms with Gasteiger partial charge in [0, 0.05) is 18.7 Å². The number of nitrogens with one attached hydrogen (secondary N) is 1. The summed E-state index contributed by atoms with van der Waals surface area (Å²) in [6.45, 7) is 3.76. The van der Waals surface area contributed by atoms with Crippen LogP contribution in [0.4, 0.5) is 0 Å². The maximum atomic E-state index is 5.94. The molecule has 4 heterocycles. The molecule has 0 saturated carbocycles. The molecule has 25 heavy (non-hydrogen) atoms. The molecule has 0 aliphatic carbocycles. The van der Waals surface area contributed by atoms with Crippen LogP contribution in [0.1, 0.15) is 37.4 Å². The van der Waals surface area contributed by atoms with Crippen LogP contribution < -0.4 is 5.32 Å². The van der Waals surface area contributed by atoms with Gasteiger partial charge in [0.2, 0.25) is 0 Å². The normalized spacial score (nSPS) is 21.7. The van der Waals surface area contributed by atoms with Gasteiger partial charge in [0.25, 0.3) is 0 Å². The van der Waals surface area contributed by atoms with Gasteiger partial charge in [-0.2, -0.15) is 0 Å². The zero-order valence-electron chi connectivity index (χ0n) is 14.0. The Bertz CT molecular complexity index is 696. The molecule has 2 aliphatic rings. The second kappa shape index (κ2) is 8.03. The highest BCUT2D eigenvalue weighted by molar-refractivity contribution is 7.99. The number of ether oxygens (including phenoxy) is 1. The van der Waals surface area contributed by atoms with E-state index in [-0.39, 0.29) is 6.10 Å². The van der Waals surface area contributed by atoms with Gasteiger partial charge in [0.15, 0.2) is 5.16 Å². The van der Waals surface area contributed by atoms with Crippen LogP contribution in [-0.4, -0.2) is 45.5 Å². The number of halogens is 1. The Morgan fingerprint density at radius 1 is 1.24 bits per heavy atom. The lowest BCUT2D eigenvalue weighted by Crippen LogP contribution is -2.29. The molecular weight excluding hydrogens is 358 g/mol. The molecule has 8 heteroatoms. The lowest BCUT2D eigenvalue weighted by molar-refractivity contribution is 0.0936. The minimum Gasteiger partial charge on any atom is -0.376 e. The maximum Gasteiger partial charge on any atom is 0.197 e. The molecule has 6 nitrogen and oxygen atoms in total. The van der Waals surface area contributed by atoms with E-state index >= 15 is 0 Å². The van der Waals surface area contributed by atoms with Crippen molar-refractivity contribution < 1.29 is 4.74 Å². The molecule has 0 unspecified atom stereocenters. The fraction of sp³-hybridized carbons (Fsp3) is 0.588. The van der Waals surface area contributed by atoms with Gasteiger partial charge in [0.05, 0.1) is 17.7 Å². The summed E-state index contributed by atoms with van der Waals surface area (Å²) in [7, 11) is 0. The summed E-state index contributed by atoms with van der Waals surface area (Å²) in [6, 6.07) is 3.77. The summed E-state index contributed by atoms with van der Waals surface area (Å²) in [4.78, 5) is 4.38. The number of hydrogen-bond donors (Lipinski definition) is 1. The Kier molecular flexibility index (Phi) is 5.55. The Morgan fingerprint density at radius 3 is 2.84 bits per heavy atom. The van der Waals surface area contributed by atoms with Gasteiger partial charge in [-0.25, -0.2) is 4.98 Å². The van der Waals surface area contributed by atoms with Gasteiger partial charge in [-0.3, -0.25) is 0 Å². The molecule has 0 amide bonds. The smallest absolute Gasteiger partial charge is 0.197 e. The molecule has 2 saturated heterocycles. The molecule has 0 bridgehead atoms. The molecule has 0 spiro atoms.